The average Bonchev–Trinajstić information content (AvgIpc) is 3.03. The van der Waals surface area contributed by atoms with Crippen LogP contribution in [0.4, 0.5) is 5.13 Å². The Hall–Kier alpha value is -1.88. The highest BCUT2D eigenvalue weighted by Gasteiger charge is 2.30. The molecule has 1 saturated heterocycles. The smallest absolute Gasteiger partial charge is 0.228 e. The number of hydrogen-bond acceptors (Lipinski definition) is 4. The summed E-state index contributed by atoms with van der Waals surface area (Å²) in [6.45, 7) is 11.3. The topological polar surface area (TPSA) is 36.4 Å². The van der Waals surface area contributed by atoms with Gasteiger partial charge in [0, 0.05) is 42.5 Å². The lowest BCUT2D eigenvalue weighted by molar-refractivity contribution is -0.139. The van der Waals surface area contributed by atoms with E-state index < -0.39 is 0 Å². The molecular formula is C19H25N3OS. The molecule has 0 N–H and O–H groups in total. The Balaban J connectivity index is 1.68. The van der Waals surface area contributed by atoms with Crippen molar-refractivity contribution in [2.75, 3.05) is 31.1 Å². The zero-order valence-corrected chi connectivity index (χ0v) is 15.7. The van der Waals surface area contributed by atoms with Gasteiger partial charge in [-0.1, -0.05) is 45.0 Å². The molecule has 2 heterocycles. The Labute approximate surface area is 148 Å². The van der Waals surface area contributed by atoms with E-state index in [2.05, 4.69) is 41.5 Å². The van der Waals surface area contributed by atoms with Crippen molar-refractivity contribution in [1.29, 1.82) is 0 Å². The fraction of sp³-hybridized carbons (Fsp3) is 0.474. The predicted molar refractivity (Wildman–Crippen MR) is 101 cm³/mol. The van der Waals surface area contributed by atoms with Gasteiger partial charge in [-0.2, -0.15) is 0 Å². The second-order valence-electron chi connectivity index (χ2n) is 7.36. The van der Waals surface area contributed by atoms with E-state index in [0.29, 0.717) is 0 Å². The summed E-state index contributed by atoms with van der Waals surface area (Å²) in [7, 11) is 0. The minimum Gasteiger partial charge on any atom is -0.345 e. The number of amides is 1. The van der Waals surface area contributed by atoms with Crippen LogP contribution < -0.4 is 4.90 Å². The summed E-state index contributed by atoms with van der Waals surface area (Å²) < 4.78 is 0. The van der Waals surface area contributed by atoms with Crippen LogP contribution in [0.5, 0.6) is 0 Å². The number of thiazole rings is 1. The monoisotopic (exact) mass is 343 g/mol. The van der Waals surface area contributed by atoms with E-state index in [1.54, 1.807) is 11.3 Å². The van der Waals surface area contributed by atoms with E-state index in [1.165, 1.54) is 11.1 Å². The van der Waals surface area contributed by atoms with E-state index in [9.17, 15) is 4.79 Å². The molecule has 1 aliphatic rings. The molecule has 1 amide bonds. The van der Waals surface area contributed by atoms with Crippen LogP contribution in [0.2, 0.25) is 0 Å². The minimum absolute atomic E-state index is 0.238. The summed E-state index contributed by atoms with van der Waals surface area (Å²) >= 11 is 1.69. The third kappa shape index (κ3) is 3.46. The quantitative estimate of drug-likeness (QED) is 0.832. The molecule has 1 aromatic heterocycles. The van der Waals surface area contributed by atoms with Crippen molar-refractivity contribution >= 4 is 22.4 Å². The number of rotatable bonds is 2. The van der Waals surface area contributed by atoms with Gasteiger partial charge in [0.15, 0.2) is 5.13 Å². The molecule has 0 saturated carbocycles. The summed E-state index contributed by atoms with van der Waals surface area (Å²) in [4.78, 5) is 21.5. The first kappa shape index (κ1) is 17.0. The van der Waals surface area contributed by atoms with E-state index in [-0.39, 0.29) is 11.3 Å². The molecular weight excluding hydrogens is 318 g/mol. The van der Waals surface area contributed by atoms with Gasteiger partial charge in [0.05, 0.1) is 5.69 Å². The number of carbonyl (C=O) groups is 1. The summed E-state index contributed by atoms with van der Waals surface area (Å²) in [5.41, 5.74) is 3.18. The van der Waals surface area contributed by atoms with Gasteiger partial charge in [-0.15, -0.1) is 11.3 Å². The van der Waals surface area contributed by atoms with Gasteiger partial charge in [0.2, 0.25) is 5.91 Å². The lowest BCUT2D eigenvalue weighted by Gasteiger charge is -2.37. The van der Waals surface area contributed by atoms with Gasteiger partial charge < -0.3 is 9.80 Å². The Morgan fingerprint density at radius 1 is 1.12 bits per heavy atom. The minimum atomic E-state index is -0.304. The van der Waals surface area contributed by atoms with Crippen molar-refractivity contribution in [1.82, 2.24) is 9.88 Å². The van der Waals surface area contributed by atoms with E-state index in [0.717, 1.165) is 37.0 Å². The zero-order chi connectivity index (χ0) is 17.3. The lowest BCUT2D eigenvalue weighted by Crippen LogP contribution is -2.51. The van der Waals surface area contributed by atoms with Gasteiger partial charge in [-0.05, 0) is 12.5 Å². The standard InChI is InChI=1S/C19H25N3OS/c1-14-7-5-6-8-15(14)16-13-24-18(20-16)22-11-9-21(10-12-22)17(23)19(2,3)4/h5-8,13H,9-12H2,1-4H3. The van der Waals surface area contributed by atoms with Crippen LogP contribution in [-0.4, -0.2) is 42.0 Å². The number of hydrogen-bond donors (Lipinski definition) is 0. The number of benzene rings is 1. The molecule has 1 aliphatic heterocycles. The molecule has 1 aromatic carbocycles. The van der Waals surface area contributed by atoms with Gasteiger partial charge in [-0.25, -0.2) is 4.98 Å². The van der Waals surface area contributed by atoms with Gasteiger partial charge in [-0.3, -0.25) is 4.79 Å². The van der Waals surface area contributed by atoms with Crippen molar-refractivity contribution in [2.45, 2.75) is 27.7 Å². The Kier molecular flexibility index (Phi) is 4.63. The van der Waals surface area contributed by atoms with E-state index in [1.807, 2.05) is 25.7 Å². The van der Waals surface area contributed by atoms with Gasteiger partial charge >= 0.3 is 0 Å². The molecule has 4 nitrogen and oxygen atoms in total. The first-order valence-corrected chi connectivity index (χ1v) is 9.30. The maximum absolute atomic E-state index is 12.4. The van der Waals surface area contributed by atoms with Crippen LogP contribution in [0.3, 0.4) is 0 Å². The molecule has 0 aliphatic carbocycles. The molecule has 0 radical (unpaired) electrons. The van der Waals surface area contributed by atoms with Crippen LogP contribution in [0.15, 0.2) is 29.6 Å². The molecule has 0 spiro atoms. The van der Waals surface area contributed by atoms with Crippen molar-refractivity contribution < 1.29 is 4.79 Å². The van der Waals surface area contributed by atoms with Crippen molar-refractivity contribution in [2.24, 2.45) is 5.41 Å². The molecule has 2 aromatic rings. The van der Waals surface area contributed by atoms with Gasteiger partial charge in [0.25, 0.3) is 0 Å². The molecule has 1 fully saturated rings. The summed E-state index contributed by atoms with van der Waals surface area (Å²) in [5, 5.41) is 3.18. The summed E-state index contributed by atoms with van der Waals surface area (Å²) in [5.74, 6) is 0.238. The second kappa shape index (κ2) is 6.55. The highest BCUT2D eigenvalue weighted by atomic mass is 32.1. The Morgan fingerprint density at radius 3 is 2.42 bits per heavy atom. The SMILES string of the molecule is Cc1ccccc1-c1csc(N2CCN(C(=O)C(C)(C)C)CC2)n1. The van der Waals surface area contributed by atoms with Gasteiger partial charge in [0.1, 0.15) is 0 Å². The largest absolute Gasteiger partial charge is 0.345 e. The molecule has 5 heteroatoms. The third-order valence-corrected chi connectivity index (χ3v) is 5.29. The van der Waals surface area contributed by atoms with Crippen molar-refractivity contribution in [3.05, 3.63) is 35.2 Å². The summed E-state index contributed by atoms with van der Waals surface area (Å²) in [6, 6.07) is 8.34. The molecule has 0 atom stereocenters. The number of aryl methyl sites for hydroxylation is 1. The van der Waals surface area contributed by atoms with Crippen LogP contribution in [0.1, 0.15) is 26.3 Å². The van der Waals surface area contributed by atoms with E-state index in [4.69, 9.17) is 4.98 Å². The highest BCUT2D eigenvalue weighted by molar-refractivity contribution is 7.14. The number of piperazine rings is 1. The molecule has 0 unspecified atom stereocenters. The maximum atomic E-state index is 12.4. The highest BCUT2D eigenvalue weighted by Crippen LogP contribution is 2.30. The number of nitrogens with zero attached hydrogens (tertiary/aromatic N) is 3. The van der Waals surface area contributed by atoms with Crippen molar-refractivity contribution in [3.8, 4) is 11.3 Å². The zero-order valence-electron chi connectivity index (χ0n) is 14.9. The second-order valence-corrected chi connectivity index (χ2v) is 8.20. The normalized spacial score (nSPS) is 15.7. The Bertz CT molecular complexity index is 724. The van der Waals surface area contributed by atoms with Crippen LogP contribution in [0.25, 0.3) is 11.3 Å². The molecule has 3 rings (SSSR count). The van der Waals surface area contributed by atoms with E-state index >= 15 is 0 Å². The van der Waals surface area contributed by atoms with Crippen molar-refractivity contribution in [3.63, 3.8) is 0 Å². The first-order chi connectivity index (χ1) is 11.4. The van der Waals surface area contributed by atoms with Crippen LogP contribution in [0, 0.1) is 12.3 Å². The van der Waals surface area contributed by atoms with Crippen LogP contribution >= 0.6 is 11.3 Å². The number of aromatic nitrogens is 1. The fourth-order valence-electron chi connectivity index (χ4n) is 2.97. The molecule has 128 valence electrons. The summed E-state index contributed by atoms with van der Waals surface area (Å²) in [6.07, 6.45) is 0. The number of carbonyl (C=O) groups excluding carboxylic acids is 1. The average molecular weight is 343 g/mol. The number of anilines is 1. The fourth-order valence-corrected chi connectivity index (χ4v) is 3.85. The molecule has 0 bridgehead atoms. The van der Waals surface area contributed by atoms with Crippen LogP contribution in [-0.2, 0) is 4.79 Å². The maximum Gasteiger partial charge on any atom is 0.228 e. The Morgan fingerprint density at radius 2 is 1.79 bits per heavy atom. The molecule has 24 heavy (non-hydrogen) atoms. The third-order valence-electron chi connectivity index (χ3n) is 4.39. The first-order valence-electron chi connectivity index (χ1n) is 8.42. The lowest BCUT2D eigenvalue weighted by atomic mass is 9.94. The predicted octanol–water partition coefficient (Wildman–Crippen LogP) is 3.81.